The summed E-state index contributed by atoms with van der Waals surface area (Å²) in [6.07, 6.45) is 6.89. The van der Waals surface area contributed by atoms with Crippen LogP contribution in [0.15, 0.2) is 17.5 Å². The molecule has 0 amide bonds. The van der Waals surface area contributed by atoms with E-state index in [1.165, 1.54) is 24.2 Å². The molecule has 1 aromatic rings. The van der Waals surface area contributed by atoms with Crippen LogP contribution in [0.1, 0.15) is 49.4 Å². The second-order valence-corrected chi connectivity index (χ2v) is 5.52. The average Bonchev–Trinajstić information content (AvgIpc) is 2.74. The van der Waals surface area contributed by atoms with E-state index in [4.69, 9.17) is 10.5 Å². The van der Waals surface area contributed by atoms with Gasteiger partial charge in [0.05, 0.1) is 0 Å². The lowest BCUT2D eigenvalue weighted by atomic mass is 10.1. The normalized spacial score (nSPS) is 19.6. The maximum absolute atomic E-state index is 11.9. The van der Waals surface area contributed by atoms with Crippen molar-refractivity contribution in [3.05, 3.63) is 22.4 Å². The summed E-state index contributed by atoms with van der Waals surface area (Å²) in [5, 5.41) is 1.92. The predicted molar refractivity (Wildman–Crippen MR) is 68.8 cm³/mol. The molecule has 1 atom stereocenters. The van der Waals surface area contributed by atoms with Gasteiger partial charge < -0.3 is 10.5 Å². The van der Waals surface area contributed by atoms with Crippen LogP contribution in [0, 0.1) is 0 Å². The number of esters is 1. The fourth-order valence-electron chi connectivity index (χ4n) is 2.18. The second-order valence-electron chi connectivity index (χ2n) is 4.54. The van der Waals surface area contributed by atoms with Crippen molar-refractivity contribution < 1.29 is 9.53 Å². The minimum absolute atomic E-state index is 0.0796. The number of hydrogen-bond acceptors (Lipinski definition) is 4. The van der Waals surface area contributed by atoms with E-state index in [9.17, 15) is 4.79 Å². The zero-order chi connectivity index (χ0) is 12.1. The fourth-order valence-corrected chi connectivity index (χ4v) is 2.90. The maximum Gasteiger partial charge on any atom is 0.328 e. The molecule has 0 spiro atoms. The Labute approximate surface area is 106 Å². The lowest BCUT2D eigenvalue weighted by molar-refractivity contribution is -0.151. The van der Waals surface area contributed by atoms with Gasteiger partial charge in [-0.2, -0.15) is 0 Å². The van der Waals surface area contributed by atoms with E-state index < -0.39 is 6.04 Å². The molecule has 1 unspecified atom stereocenters. The van der Waals surface area contributed by atoms with Gasteiger partial charge in [-0.05, 0) is 37.1 Å². The number of thiophene rings is 1. The molecule has 2 rings (SSSR count). The molecule has 1 saturated carbocycles. The van der Waals surface area contributed by atoms with Crippen molar-refractivity contribution >= 4 is 17.3 Å². The van der Waals surface area contributed by atoms with Crippen LogP contribution < -0.4 is 5.73 Å². The van der Waals surface area contributed by atoms with E-state index >= 15 is 0 Å². The molecule has 1 heterocycles. The zero-order valence-electron chi connectivity index (χ0n) is 9.93. The summed E-state index contributed by atoms with van der Waals surface area (Å²) in [5.74, 6) is -0.278. The Morgan fingerprint density at radius 1 is 1.35 bits per heavy atom. The van der Waals surface area contributed by atoms with Crippen molar-refractivity contribution in [1.29, 1.82) is 0 Å². The molecular weight excluding hydrogens is 234 g/mol. The minimum atomic E-state index is -0.613. The number of rotatable bonds is 3. The van der Waals surface area contributed by atoms with Gasteiger partial charge in [0.25, 0.3) is 0 Å². The van der Waals surface area contributed by atoms with Gasteiger partial charge in [0.2, 0.25) is 0 Å². The lowest BCUT2D eigenvalue weighted by Crippen LogP contribution is -2.27. The Morgan fingerprint density at radius 3 is 2.65 bits per heavy atom. The van der Waals surface area contributed by atoms with Crippen molar-refractivity contribution in [1.82, 2.24) is 0 Å². The summed E-state index contributed by atoms with van der Waals surface area (Å²) >= 11 is 1.50. The Morgan fingerprint density at radius 2 is 2.06 bits per heavy atom. The van der Waals surface area contributed by atoms with Crippen molar-refractivity contribution in [3.63, 3.8) is 0 Å². The maximum atomic E-state index is 11.9. The summed E-state index contributed by atoms with van der Waals surface area (Å²) in [6, 6.07) is 3.17. The summed E-state index contributed by atoms with van der Waals surface area (Å²) in [7, 11) is 0. The third-order valence-corrected chi connectivity index (χ3v) is 4.14. The fraction of sp³-hybridized carbons (Fsp3) is 0.615. The number of carbonyl (C=O) groups excluding carboxylic acids is 1. The number of hydrogen-bond donors (Lipinski definition) is 1. The van der Waals surface area contributed by atoms with E-state index in [0.29, 0.717) is 0 Å². The first-order valence-corrected chi connectivity index (χ1v) is 7.15. The van der Waals surface area contributed by atoms with E-state index in [-0.39, 0.29) is 12.1 Å². The van der Waals surface area contributed by atoms with Crippen LogP contribution in [0.5, 0.6) is 0 Å². The Bertz CT molecular complexity index is 342. The molecule has 0 bridgehead atoms. The molecule has 1 aliphatic rings. The van der Waals surface area contributed by atoms with Gasteiger partial charge in [-0.25, -0.2) is 4.79 Å². The molecular formula is C13H19NO2S. The largest absolute Gasteiger partial charge is 0.461 e. The van der Waals surface area contributed by atoms with Crippen LogP contribution >= 0.6 is 11.3 Å². The van der Waals surface area contributed by atoms with Crippen LogP contribution in [0.25, 0.3) is 0 Å². The summed E-state index contributed by atoms with van der Waals surface area (Å²) < 4.78 is 5.50. The van der Waals surface area contributed by atoms with Crippen LogP contribution in [-0.4, -0.2) is 12.1 Å². The topological polar surface area (TPSA) is 52.3 Å². The van der Waals surface area contributed by atoms with Gasteiger partial charge in [0.1, 0.15) is 12.1 Å². The number of nitrogens with two attached hydrogens (primary N) is 1. The molecule has 0 saturated heterocycles. The molecule has 94 valence electrons. The van der Waals surface area contributed by atoms with Gasteiger partial charge in [-0.3, -0.25) is 0 Å². The highest BCUT2D eigenvalue weighted by atomic mass is 32.1. The highest BCUT2D eigenvalue weighted by molar-refractivity contribution is 7.10. The molecule has 0 radical (unpaired) electrons. The first-order valence-electron chi connectivity index (χ1n) is 6.27. The highest BCUT2D eigenvalue weighted by Crippen LogP contribution is 2.23. The second kappa shape index (κ2) is 6.17. The zero-order valence-corrected chi connectivity index (χ0v) is 10.7. The van der Waals surface area contributed by atoms with Gasteiger partial charge >= 0.3 is 5.97 Å². The third kappa shape index (κ3) is 3.54. The van der Waals surface area contributed by atoms with E-state index in [1.54, 1.807) is 0 Å². The van der Waals surface area contributed by atoms with Gasteiger partial charge in [-0.1, -0.05) is 18.9 Å². The first-order chi connectivity index (χ1) is 8.27. The van der Waals surface area contributed by atoms with Crippen molar-refractivity contribution in [2.45, 2.75) is 50.7 Å². The van der Waals surface area contributed by atoms with Gasteiger partial charge in [0, 0.05) is 4.88 Å². The number of carbonyl (C=O) groups is 1. The Kier molecular flexibility index (Phi) is 4.57. The SMILES string of the molecule is NC(C(=O)OC1CCCCCC1)c1cccs1. The van der Waals surface area contributed by atoms with Gasteiger partial charge in [0.15, 0.2) is 0 Å². The molecule has 4 heteroatoms. The Hall–Kier alpha value is -0.870. The monoisotopic (exact) mass is 253 g/mol. The molecule has 3 nitrogen and oxygen atoms in total. The van der Waals surface area contributed by atoms with E-state index in [0.717, 1.165) is 30.6 Å². The minimum Gasteiger partial charge on any atom is -0.461 e. The predicted octanol–water partition coefficient (Wildman–Crippen LogP) is 3.01. The Balaban J connectivity index is 1.87. The van der Waals surface area contributed by atoms with E-state index in [2.05, 4.69) is 0 Å². The lowest BCUT2D eigenvalue weighted by Gasteiger charge is -2.17. The van der Waals surface area contributed by atoms with Crippen LogP contribution in [-0.2, 0) is 9.53 Å². The molecule has 17 heavy (non-hydrogen) atoms. The molecule has 0 aromatic carbocycles. The van der Waals surface area contributed by atoms with Crippen LogP contribution in [0.2, 0.25) is 0 Å². The van der Waals surface area contributed by atoms with E-state index in [1.807, 2.05) is 17.5 Å². The number of ether oxygens (including phenoxy) is 1. The van der Waals surface area contributed by atoms with Crippen molar-refractivity contribution in [3.8, 4) is 0 Å². The quantitative estimate of drug-likeness (QED) is 0.665. The van der Waals surface area contributed by atoms with Crippen LogP contribution in [0.3, 0.4) is 0 Å². The summed E-state index contributed by atoms with van der Waals surface area (Å²) in [4.78, 5) is 12.8. The molecule has 2 N–H and O–H groups in total. The smallest absolute Gasteiger partial charge is 0.328 e. The molecule has 1 fully saturated rings. The van der Waals surface area contributed by atoms with Crippen molar-refractivity contribution in [2.75, 3.05) is 0 Å². The highest BCUT2D eigenvalue weighted by Gasteiger charge is 2.23. The molecule has 0 aliphatic heterocycles. The van der Waals surface area contributed by atoms with Gasteiger partial charge in [-0.15, -0.1) is 11.3 Å². The first kappa shape index (κ1) is 12.6. The summed E-state index contributed by atoms with van der Waals surface area (Å²) in [6.45, 7) is 0. The van der Waals surface area contributed by atoms with Crippen LogP contribution in [0.4, 0.5) is 0 Å². The summed E-state index contributed by atoms with van der Waals surface area (Å²) in [5.41, 5.74) is 5.88. The van der Waals surface area contributed by atoms with Crippen molar-refractivity contribution in [2.24, 2.45) is 5.73 Å². The molecule has 1 aliphatic carbocycles. The average molecular weight is 253 g/mol. The standard InChI is InChI=1S/C13H19NO2S/c14-12(11-8-5-9-17-11)13(15)16-10-6-3-1-2-4-7-10/h5,8-10,12H,1-4,6-7,14H2. The molecule has 1 aromatic heterocycles. The third-order valence-electron chi connectivity index (χ3n) is 3.19.